The molecule has 1 aliphatic rings. The number of rotatable bonds is 5. The topological polar surface area (TPSA) is 99.9 Å². The maximum absolute atomic E-state index is 12.2. The lowest BCUT2D eigenvalue weighted by Crippen LogP contribution is -2.46. The Morgan fingerprint density at radius 1 is 1.50 bits per heavy atom. The van der Waals surface area contributed by atoms with Crippen LogP contribution in [0.4, 0.5) is 0 Å². The number of carbonyl (C=O) groups is 1. The first kappa shape index (κ1) is 15.0. The van der Waals surface area contributed by atoms with Crippen LogP contribution in [0.2, 0.25) is 0 Å². The quantitative estimate of drug-likeness (QED) is 0.844. The van der Waals surface area contributed by atoms with Crippen molar-refractivity contribution in [2.75, 3.05) is 13.1 Å². The molecule has 20 heavy (non-hydrogen) atoms. The first-order chi connectivity index (χ1) is 9.40. The second-order valence-corrected chi connectivity index (χ2v) is 6.57. The number of carboxylic acid groups (broad SMARTS) is 1. The van der Waals surface area contributed by atoms with Gasteiger partial charge in [0.25, 0.3) is 10.2 Å². The summed E-state index contributed by atoms with van der Waals surface area (Å²) in [4.78, 5) is 10.8. The summed E-state index contributed by atoms with van der Waals surface area (Å²) in [5.41, 5.74) is 0. The van der Waals surface area contributed by atoms with Gasteiger partial charge in [-0.2, -0.15) is 17.4 Å². The molecule has 112 valence electrons. The van der Waals surface area contributed by atoms with E-state index in [-0.39, 0.29) is 13.1 Å². The first-order valence-electron chi connectivity index (χ1n) is 6.44. The van der Waals surface area contributed by atoms with Gasteiger partial charge in [-0.15, -0.1) is 0 Å². The summed E-state index contributed by atoms with van der Waals surface area (Å²) in [5, 5.41) is 8.90. The van der Waals surface area contributed by atoms with Crippen molar-refractivity contribution >= 4 is 16.2 Å². The molecule has 7 nitrogen and oxygen atoms in total. The molecule has 0 unspecified atom stereocenters. The second kappa shape index (κ2) is 5.94. The van der Waals surface area contributed by atoms with Gasteiger partial charge in [0.15, 0.2) is 0 Å². The van der Waals surface area contributed by atoms with Crippen LogP contribution >= 0.6 is 0 Å². The zero-order chi connectivity index (χ0) is 14.8. The molecule has 0 saturated carbocycles. The third-order valence-electron chi connectivity index (χ3n) is 3.44. The number of piperidine rings is 1. The van der Waals surface area contributed by atoms with Gasteiger partial charge in [0.05, 0.1) is 18.2 Å². The van der Waals surface area contributed by atoms with E-state index in [9.17, 15) is 13.2 Å². The Hall–Kier alpha value is -1.38. The van der Waals surface area contributed by atoms with Gasteiger partial charge in [0.2, 0.25) is 0 Å². The minimum Gasteiger partial charge on any atom is -0.481 e. The van der Waals surface area contributed by atoms with E-state index in [1.807, 2.05) is 0 Å². The molecule has 0 radical (unpaired) electrons. The monoisotopic (exact) mass is 302 g/mol. The molecule has 0 spiro atoms. The molecule has 1 fully saturated rings. The van der Waals surface area contributed by atoms with Crippen LogP contribution in [0.3, 0.4) is 0 Å². The zero-order valence-corrected chi connectivity index (χ0v) is 12.0. The molecule has 0 bridgehead atoms. The third kappa shape index (κ3) is 3.38. The fourth-order valence-electron chi connectivity index (χ4n) is 2.24. The lowest BCUT2D eigenvalue weighted by atomic mass is 9.99. The fourth-order valence-corrected chi connectivity index (χ4v) is 3.64. The van der Waals surface area contributed by atoms with Crippen molar-refractivity contribution in [3.05, 3.63) is 24.2 Å². The number of furan rings is 1. The number of aliphatic carboxylic acids is 1. The fraction of sp³-hybridized carbons (Fsp3) is 0.583. The predicted molar refractivity (Wildman–Crippen MR) is 71.1 cm³/mol. The minimum absolute atomic E-state index is 0.219. The highest BCUT2D eigenvalue weighted by molar-refractivity contribution is 7.87. The van der Waals surface area contributed by atoms with Crippen LogP contribution in [0.5, 0.6) is 0 Å². The standard InChI is InChI=1S/C12H18N2O5S/c1-9(11-3-2-8-19-11)13-20(17,18)14-6-4-10(5-7-14)12(15)16/h2-3,8-10,13H,4-7H2,1H3,(H,15,16)/t9-/m1/s1. The largest absolute Gasteiger partial charge is 0.481 e. The Labute approximate surface area is 117 Å². The number of hydrogen-bond donors (Lipinski definition) is 2. The van der Waals surface area contributed by atoms with Gasteiger partial charge in [-0.3, -0.25) is 4.79 Å². The van der Waals surface area contributed by atoms with E-state index in [1.165, 1.54) is 10.6 Å². The van der Waals surface area contributed by atoms with Crippen molar-refractivity contribution in [2.24, 2.45) is 5.92 Å². The second-order valence-electron chi connectivity index (χ2n) is 4.87. The van der Waals surface area contributed by atoms with Crippen molar-refractivity contribution in [1.82, 2.24) is 9.03 Å². The Morgan fingerprint density at radius 2 is 2.15 bits per heavy atom. The normalized spacial score (nSPS) is 19.9. The maximum atomic E-state index is 12.2. The molecule has 0 amide bonds. The van der Waals surface area contributed by atoms with Crippen LogP contribution in [0, 0.1) is 5.92 Å². The Balaban J connectivity index is 1.96. The van der Waals surface area contributed by atoms with Crippen LogP contribution in [-0.2, 0) is 15.0 Å². The van der Waals surface area contributed by atoms with Gasteiger partial charge < -0.3 is 9.52 Å². The molecule has 2 rings (SSSR count). The lowest BCUT2D eigenvalue weighted by molar-refractivity contribution is -0.142. The van der Waals surface area contributed by atoms with Crippen molar-refractivity contribution < 1.29 is 22.7 Å². The van der Waals surface area contributed by atoms with Crippen molar-refractivity contribution in [2.45, 2.75) is 25.8 Å². The van der Waals surface area contributed by atoms with E-state index >= 15 is 0 Å². The minimum atomic E-state index is -3.63. The number of nitrogens with one attached hydrogen (secondary N) is 1. The molecule has 8 heteroatoms. The van der Waals surface area contributed by atoms with Gasteiger partial charge in [-0.1, -0.05) is 0 Å². The van der Waals surface area contributed by atoms with Gasteiger partial charge in [-0.25, -0.2) is 0 Å². The van der Waals surface area contributed by atoms with E-state index in [0.717, 1.165) is 0 Å². The van der Waals surface area contributed by atoms with E-state index in [1.54, 1.807) is 19.1 Å². The summed E-state index contributed by atoms with van der Waals surface area (Å²) in [6.45, 7) is 2.13. The molecule has 0 aliphatic carbocycles. The summed E-state index contributed by atoms with van der Waals surface area (Å²) in [6.07, 6.45) is 2.16. The zero-order valence-electron chi connectivity index (χ0n) is 11.2. The number of hydrogen-bond acceptors (Lipinski definition) is 4. The molecule has 1 aromatic heterocycles. The number of carboxylic acids is 1. The smallest absolute Gasteiger partial charge is 0.306 e. The number of nitrogens with zero attached hydrogens (tertiary/aromatic N) is 1. The molecule has 1 aromatic rings. The van der Waals surface area contributed by atoms with E-state index in [2.05, 4.69) is 4.72 Å². The summed E-state index contributed by atoms with van der Waals surface area (Å²) in [7, 11) is -3.63. The van der Waals surface area contributed by atoms with Crippen LogP contribution in [0.25, 0.3) is 0 Å². The van der Waals surface area contributed by atoms with Gasteiger partial charge in [0, 0.05) is 13.1 Å². The van der Waals surface area contributed by atoms with Gasteiger partial charge in [0.1, 0.15) is 5.76 Å². The van der Waals surface area contributed by atoms with Crippen LogP contribution < -0.4 is 4.72 Å². The van der Waals surface area contributed by atoms with Crippen molar-refractivity contribution in [3.63, 3.8) is 0 Å². The predicted octanol–water partition coefficient (Wildman–Crippen LogP) is 0.972. The molecule has 1 saturated heterocycles. The van der Waals surface area contributed by atoms with E-state index < -0.39 is 28.1 Å². The van der Waals surface area contributed by atoms with Crippen molar-refractivity contribution in [1.29, 1.82) is 0 Å². The van der Waals surface area contributed by atoms with E-state index in [4.69, 9.17) is 9.52 Å². The molecule has 0 aromatic carbocycles. The Morgan fingerprint density at radius 3 is 2.65 bits per heavy atom. The summed E-state index contributed by atoms with van der Waals surface area (Å²) >= 11 is 0. The van der Waals surface area contributed by atoms with Gasteiger partial charge in [-0.05, 0) is 31.9 Å². The van der Waals surface area contributed by atoms with Crippen LogP contribution in [0.15, 0.2) is 22.8 Å². The average Bonchev–Trinajstić information content (AvgIpc) is 2.92. The SMILES string of the molecule is C[C@@H](NS(=O)(=O)N1CCC(C(=O)O)CC1)c1ccco1. The maximum Gasteiger partial charge on any atom is 0.306 e. The Bertz CT molecular complexity index is 546. The molecule has 2 heterocycles. The van der Waals surface area contributed by atoms with Gasteiger partial charge >= 0.3 is 5.97 Å². The highest BCUT2D eigenvalue weighted by Gasteiger charge is 2.32. The molecular formula is C12H18N2O5S. The lowest BCUT2D eigenvalue weighted by Gasteiger charge is -2.30. The molecular weight excluding hydrogens is 284 g/mol. The molecule has 2 N–H and O–H groups in total. The third-order valence-corrected chi connectivity index (χ3v) is 5.14. The highest BCUT2D eigenvalue weighted by Crippen LogP contribution is 2.21. The summed E-state index contributed by atoms with van der Waals surface area (Å²) in [6, 6.07) is 2.93. The highest BCUT2D eigenvalue weighted by atomic mass is 32.2. The average molecular weight is 302 g/mol. The Kier molecular flexibility index (Phi) is 4.46. The molecule has 1 aliphatic heterocycles. The van der Waals surface area contributed by atoms with Crippen LogP contribution in [-0.4, -0.2) is 36.9 Å². The summed E-state index contributed by atoms with van der Waals surface area (Å²) < 4.78 is 33.4. The van der Waals surface area contributed by atoms with Crippen LogP contribution in [0.1, 0.15) is 31.6 Å². The van der Waals surface area contributed by atoms with Crippen molar-refractivity contribution in [3.8, 4) is 0 Å². The summed E-state index contributed by atoms with van der Waals surface area (Å²) in [5.74, 6) is -0.781. The first-order valence-corrected chi connectivity index (χ1v) is 7.88. The molecule has 1 atom stereocenters. The van der Waals surface area contributed by atoms with E-state index in [0.29, 0.717) is 18.6 Å².